The van der Waals surface area contributed by atoms with Crippen molar-refractivity contribution in [3.05, 3.63) is 65.0 Å². The van der Waals surface area contributed by atoms with Crippen LogP contribution >= 0.6 is 0 Å². The van der Waals surface area contributed by atoms with Crippen LogP contribution in [-0.4, -0.2) is 11.2 Å². The molecule has 4 heteroatoms. The molecule has 4 nitrogen and oxygen atoms in total. The van der Waals surface area contributed by atoms with E-state index >= 15 is 0 Å². The first kappa shape index (κ1) is 13.1. The first-order valence-electron chi connectivity index (χ1n) is 6.49. The lowest BCUT2D eigenvalue weighted by molar-refractivity contribution is 0.343. The predicted molar refractivity (Wildman–Crippen MR) is 80.3 cm³/mol. The van der Waals surface area contributed by atoms with E-state index in [1.807, 2.05) is 41.2 Å². The fourth-order valence-electron chi connectivity index (χ4n) is 2.16. The number of nitrogens with zero attached hydrogens (tertiary/aromatic N) is 1. The highest BCUT2D eigenvalue weighted by Gasteiger charge is 2.06. The van der Waals surface area contributed by atoms with Crippen LogP contribution in [0.4, 0.5) is 0 Å². The Kier molecular flexibility index (Phi) is 3.48. The summed E-state index contributed by atoms with van der Waals surface area (Å²) in [7, 11) is 0. The van der Waals surface area contributed by atoms with Crippen LogP contribution in [0.15, 0.2) is 58.2 Å². The second-order valence-corrected chi connectivity index (χ2v) is 4.63. The molecule has 0 aliphatic carbocycles. The van der Waals surface area contributed by atoms with Crippen molar-refractivity contribution >= 4 is 10.8 Å². The van der Waals surface area contributed by atoms with Gasteiger partial charge in [-0.1, -0.05) is 30.2 Å². The minimum Gasteiger partial charge on any atom is -0.474 e. The third-order valence-electron chi connectivity index (χ3n) is 3.11. The van der Waals surface area contributed by atoms with Crippen LogP contribution in [0.25, 0.3) is 10.8 Å². The quantitative estimate of drug-likeness (QED) is 0.690. The van der Waals surface area contributed by atoms with Gasteiger partial charge in [-0.05, 0) is 10.8 Å². The first-order chi connectivity index (χ1) is 10.3. The summed E-state index contributed by atoms with van der Waals surface area (Å²) in [6.07, 6.45) is 10.4. The molecule has 0 unspecified atom stereocenters. The van der Waals surface area contributed by atoms with Gasteiger partial charge in [-0.2, -0.15) is 0 Å². The number of fused-ring (bicyclic) bond motifs is 1. The molecule has 1 aromatic carbocycles. The van der Waals surface area contributed by atoms with Gasteiger partial charge >= 0.3 is 0 Å². The topological polar surface area (TPSA) is 44.4 Å². The normalized spacial score (nSPS) is 10.4. The van der Waals surface area contributed by atoms with Gasteiger partial charge < -0.3 is 13.7 Å². The predicted octanol–water partition coefficient (Wildman–Crippen LogP) is 2.65. The summed E-state index contributed by atoms with van der Waals surface area (Å²) < 4.78 is 12.5. The van der Waals surface area contributed by atoms with Crippen LogP contribution in [-0.2, 0) is 6.54 Å². The average molecular weight is 279 g/mol. The number of terminal acetylenes is 1. The lowest BCUT2D eigenvalue weighted by Gasteiger charge is -2.04. The summed E-state index contributed by atoms with van der Waals surface area (Å²) in [5.74, 6) is 3.00. The summed E-state index contributed by atoms with van der Waals surface area (Å²) in [6.45, 7) is 0.534. The van der Waals surface area contributed by atoms with Crippen LogP contribution in [0, 0.1) is 12.3 Å². The van der Waals surface area contributed by atoms with Crippen molar-refractivity contribution in [3.8, 4) is 18.1 Å². The highest BCUT2D eigenvalue weighted by molar-refractivity contribution is 5.82. The molecule has 0 atom stereocenters. The van der Waals surface area contributed by atoms with Crippen molar-refractivity contribution < 1.29 is 9.15 Å². The molecule has 3 aromatic rings. The lowest BCUT2D eigenvalue weighted by Crippen LogP contribution is -2.09. The number of rotatable bonds is 4. The molecule has 0 radical (unpaired) electrons. The molecule has 0 aliphatic heterocycles. The van der Waals surface area contributed by atoms with Crippen molar-refractivity contribution in [3.63, 3.8) is 0 Å². The lowest BCUT2D eigenvalue weighted by atomic mass is 10.2. The molecular weight excluding hydrogens is 266 g/mol. The highest BCUT2D eigenvalue weighted by atomic mass is 16.5. The molecule has 0 amide bonds. The van der Waals surface area contributed by atoms with Gasteiger partial charge in [0.1, 0.15) is 18.6 Å². The molecule has 3 rings (SSSR count). The third kappa shape index (κ3) is 2.82. The monoisotopic (exact) mass is 279 g/mol. The van der Waals surface area contributed by atoms with Gasteiger partial charge in [0.15, 0.2) is 0 Å². The molecule has 0 saturated heterocycles. The Balaban J connectivity index is 1.83. The maximum absolute atomic E-state index is 11.8. The van der Waals surface area contributed by atoms with Crippen molar-refractivity contribution in [2.75, 3.05) is 6.61 Å². The van der Waals surface area contributed by atoms with E-state index in [1.165, 1.54) is 12.3 Å². The van der Waals surface area contributed by atoms with Crippen LogP contribution in [0.3, 0.4) is 0 Å². The fourth-order valence-corrected chi connectivity index (χ4v) is 2.16. The van der Waals surface area contributed by atoms with Gasteiger partial charge in [0.05, 0.1) is 6.54 Å². The summed E-state index contributed by atoms with van der Waals surface area (Å²) in [5, 5.41) is 2.29. The maximum Gasteiger partial charge on any atom is 0.227 e. The van der Waals surface area contributed by atoms with Crippen LogP contribution in [0.2, 0.25) is 0 Å². The molecular formula is C17H13NO3. The van der Waals surface area contributed by atoms with E-state index in [9.17, 15) is 4.79 Å². The van der Waals surface area contributed by atoms with Crippen LogP contribution < -0.4 is 10.2 Å². The number of hydrogen-bond donors (Lipinski definition) is 0. The molecule has 0 bridgehead atoms. The van der Waals surface area contributed by atoms with E-state index in [0.29, 0.717) is 12.3 Å². The van der Waals surface area contributed by atoms with E-state index in [4.69, 9.17) is 15.6 Å². The molecule has 0 saturated carbocycles. The smallest absolute Gasteiger partial charge is 0.227 e. The number of aromatic nitrogens is 1. The van der Waals surface area contributed by atoms with Gasteiger partial charge in [0, 0.05) is 18.5 Å². The average Bonchev–Trinajstić information content (AvgIpc) is 2.88. The summed E-state index contributed by atoms with van der Waals surface area (Å²) in [6, 6.07) is 9.49. The summed E-state index contributed by atoms with van der Waals surface area (Å²) in [4.78, 5) is 11.8. The van der Waals surface area contributed by atoms with E-state index in [-0.39, 0.29) is 17.8 Å². The standard InChI is InChI=1S/C17H13NO3/c1-2-7-20-17-12-21-15(8-16(17)19)11-18-9-13-5-3-4-6-14(13)10-18/h1,3-6,8-10,12H,7,11H2. The zero-order valence-corrected chi connectivity index (χ0v) is 11.3. The Morgan fingerprint density at radius 2 is 1.95 bits per heavy atom. The fraction of sp³-hybridized carbons (Fsp3) is 0.118. The summed E-state index contributed by atoms with van der Waals surface area (Å²) >= 11 is 0. The van der Waals surface area contributed by atoms with Crippen LogP contribution in [0.5, 0.6) is 5.75 Å². The SMILES string of the molecule is C#CCOc1coc(Cn2cc3ccccc3c2)cc1=O. The van der Waals surface area contributed by atoms with Crippen molar-refractivity contribution in [2.24, 2.45) is 0 Å². The maximum atomic E-state index is 11.8. The molecule has 0 N–H and O–H groups in total. The Labute approximate surface area is 121 Å². The first-order valence-corrected chi connectivity index (χ1v) is 6.49. The van der Waals surface area contributed by atoms with Crippen molar-refractivity contribution in [1.82, 2.24) is 4.57 Å². The van der Waals surface area contributed by atoms with Gasteiger partial charge in [0.25, 0.3) is 0 Å². The third-order valence-corrected chi connectivity index (χ3v) is 3.11. The minimum absolute atomic E-state index is 0.0487. The number of hydrogen-bond acceptors (Lipinski definition) is 3. The zero-order valence-electron chi connectivity index (χ0n) is 11.3. The second-order valence-electron chi connectivity index (χ2n) is 4.63. The Hall–Kier alpha value is -2.93. The van der Waals surface area contributed by atoms with Gasteiger partial charge in [0.2, 0.25) is 11.2 Å². The molecule has 21 heavy (non-hydrogen) atoms. The van der Waals surface area contributed by atoms with Crippen molar-refractivity contribution in [2.45, 2.75) is 6.54 Å². The molecule has 104 valence electrons. The molecule has 0 spiro atoms. The Morgan fingerprint density at radius 3 is 2.57 bits per heavy atom. The van der Waals surface area contributed by atoms with Gasteiger partial charge in [-0.15, -0.1) is 6.42 Å². The van der Waals surface area contributed by atoms with Gasteiger partial charge in [-0.3, -0.25) is 4.79 Å². The van der Waals surface area contributed by atoms with Gasteiger partial charge in [-0.25, -0.2) is 0 Å². The highest BCUT2D eigenvalue weighted by Crippen LogP contribution is 2.16. The van der Waals surface area contributed by atoms with E-state index in [0.717, 1.165) is 10.8 Å². The molecule has 0 aliphatic rings. The zero-order chi connectivity index (χ0) is 14.7. The van der Waals surface area contributed by atoms with Crippen LogP contribution in [0.1, 0.15) is 5.76 Å². The number of ether oxygens (including phenoxy) is 1. The molecule has 2 heterocycles. The van der Waals surface area contributed by atoms with E-state index < -0.39 is 0 Å². The summed E-state index contributed by atoms with van der Waals surface area (Å²) in [5.41, 5.74) is -0.233. The molecule has 0 fully saturated rings. The Bertz CT molecular complexity index is 834. The van der Waals surface area contributed by atoms with E-state index in [1.54, 1.807) is 0 Å². The Morgan fingerprint density at radius 1 is 1.24 bits per heavy atom. The second kappa shape index (κ2) is 5.59. The largest absolute Gasteiger partial charge is 0.474 e. The number of benzene rings is 1. The minimum atomic E-state index is -0.233. The molecule has 2 aromatic heterocycles. The van der Waals surface area contributed by atoms with Crippen molar-refractivity contribution in [1.29, 1.82) is 0 Å². The van der Waals surface area contributed by atoms with E-state index in [2.05, 4.69) is 5.92 Å².